The van der Waals surface area contributed by atoms with E-state index in [1.807, 2.05) is 31.2 Å². The first-order valence-electron chi connectivity index (χ1n) is 15.1. The Labute approximate surface area is 255 Å². The summed E-state index contributed by atoms with van der Waals surface area (Å²) in [7, 11) is 0. The molecule has 11 nitrogen and oxygen atoms in total. The van der Waals surface area contributed by atoms with Crippen LogP contribution in [-0.4, -0.2) is 120 Å². The molecule has 44 heavy (non-hydrogen) atoms. The maximum absolute atomic E-state index is 11.8. The van der Waals surface area contributed by atoms with Crippen LogP contribution >= 0.6 is 0 Å². The van der Waals surface area contributed by atoms with Crippen molar-refractivity contribution in [3.05, 3.63) is 47.9 Å². The van der Waals surface area contributed by atoms with Crippen LogP contribution in [0.2, 0.25) is 0 Å². The normalized spacial score (nSPS) is 24.0. The average molecular weight is 625 g/mol. The van der Waals surface area contributed by atoms with Crippen molar-refractivity contribution in [3.63, 3.8) is 0 Å². The van der Waals surface area contributed by atoms with E-state index in [0.29, 0.717) is 43.9 Å². The Morgan fingerprint density at radius 3 is 2.20 bits per heavy atom. The Bertz CT molecular complexity index is 1170. The standard InChI is InChI=1S/C25H39N3O5.C5H4F3N3/c1-2-32-25(31)20-3-5-21(6-4-20)28-10-7-19(8-11-28)17-26-12-14-27(15-13-26)18-23-24(30)22(29)9-16-33-23;6-5(7,8)3-1-10-2-4(9)11-3/h3-6,19,22-24,29-30H,2,7-18H2,1H3;1-2H,(H2,9,11). The number of carbonyl (C=O) groups excluding carboxylic acids is 1. The van der Waals surface area contributed by atoms with Gasteiger partial charge in [0.2, 0.25) is 0 Å². The van der Waals surface area contributed by atoms with Gasteiger partial charge in [-0.3, -0.25) is 9.88 Å². The number of hydrogen-bond donors (Lipinski definition) is 3. The number of aliphatic hydroxyl groups is 2. The van der Waals surface area contributed by atoms with Crippen molar-refractivity contribution < 1.29 is 37.7 Å². The van der Waals surface area contributed by atoms with Crippen LogP contribution in [0, 0.1) is 5.92 Å². The average Bonchev–Trinajstić information content (AvgIpc) is 3.01. The lowest BCUT2D eigenvalue weighted by Crippen LogP contribution is -2.54. The lowest BCUT2D eigenvalue weighted by atomic mass is 9.95. The number of aliphatic hydroxyl groups excluding tert-OH is 2. The molecule has 3 aliphatic heterocycles. The van der Waals surface area contributed by atoms with E-state index in [2.05, 4.69) is 24.7 Å². The molecule has 0 radical (unpaired) electrons. The second-order valence-electron chi connectivity index (χ2n) is 11.4. The molecular formula is C30H43F3N6O5. The number of alkyl halides is 3. The fourth-order valence-corrected chi connectivity index (χ4v) is 5.71. The molecule has 1 aromatic carbocycles. The third-order valence-electron chi connectivity index (χ3n) is 8.24. The van der Waals surface area contributed by atoms with Crippen LogP contribution in [0.25, 0.3) is 0 Å². The van der Waals surface area contributed by atoms with Crippen LogP contribution in [-0.2, 0) is 15.7 Å². The van der Waals surface area contributed by atoms with Crippen LogP contribution in [0.1, 0.15) is 42.2 Å². The number of rotatable bonds is 7. The number of anilines is 2. The van der Waals surface area contributed by atoms with Crippen molar-refractivity contribution in [2.45, 2.75) is 50.7 Å². The molecule has 3 saturated heterocycles. The third-order valence-corrected chi connectivity index (χ3v) is 8.24. The van der Waals surface area contributed by atoms with Crippen LogP contribution in [0.3, 0.4) is 0 Å². The summed E-state index contributed by atoms with van der Waals surface area (Å²) in [4.78, 5) is 25.4. The van der Waals surface area contributed by atoms with Gasteiger partial charge in [-0.25, -0.2) is 9.78 Å². The second kappa shape index (κ2) is 15.8. The molecule has 1 aromatic heterocycles. The zero-order valence-corrected chi connectivity index (χ0v) is 25.0. The largest absolute Gasteiger partial charge is 0.462 e. The molecule has 0 saturated carbocycles. The van der Waals surface area contributed by atoms with E-state index in [0.717, 1.165) is 52.0 Å². The topological polar surface area (TPSA) is 138 Å². The molecule has 5 rings (SSSR count). The minimum atomic E-state index is -4.47. The van der Waals surface area contributed by atoms with Crippen molar-refractivity contribution >= 4 is 17.5 Å². The van der Waals surface area contributed by atoms with Gasteiger partial charge in [-0.15, -0.1) is 0 Å². The van der Waals surface area contributed by atoms with Gasteiger partial charge in [0, 0.05) is 64.7 Å². The number of aromatic nitrogens is 2. The number of esters is 1. The number of nitrogen functional groups attached to an aromatic ring is 1. The van der Waals surface area contributed by atoms with Crippen LogP contribution in [0.4, 0.5) is 24.7 Å². The maximum atomic E-state index is 11.8. The molecular weight excluding hydrogens is 581 g/mol. The monoisotopic (exact) mass is 624 g/mol. The summed E-state index contributed by atoms with van der Waals surface area (Å²) >= 11 is 0. The number of ether oxygens (including phenoxy) is 2. The van der Waals surface area contributed by atoms with E-state index in [-0.39, 0.29) is 17.9 Å². The first-order valence-corrected chi connectivity index (χ1v) is 15.1. The molecule has 0 bridgehead atoms. The zero-order valence-electron chi connectivity index (χ0n) is 25.0. The molecule has 2 aromatic rings. The number of nitrogens with zero attached hydrogens (tertiary/aromatic N) is 5. The summed E-state index contributed by atoms with van der Waals surface area (Å²) in [6.45, 7) is 10.7. The molecule has 3 fully saturated rings. The quantitative estimate of drug-likeness (QED) is 0.392. The molecule has 3 atom stereocenters. The Morgan fingerprint density at radius 1 is 1.00 bits per heavy atom. The lowest BCUT2D eigenvalue weighted by Gasteiger charge is -2.41. The van der Waals surface area contributed by atoms with E-state index in [1.54, 1.807) is 0 Å². The van der Waals surface area contributed by atoms with E-state index in [4.69, 9.17) is 15.2 Å². The van der Waals surface area contributed by atoms with Gasteiger partial charge >= 0.3 is 12.1 Å². The predicted octanol–water partition coefficient (Wildman–Crippen LogP) is 2.29. The number of halogens is 3. The van der Waals surface area contributed by atoms with Gasteiger partial charge in [-0.1, -0.05) is 0 Å². The molecule has 0 amide bonds. The fraction of sp³-hybridized carbons (Fsp3) is 0.633. The first kappa shape index (κ1) is 33.8. The van der Waals surface area contributed by atoms with Gasteiger partial charge in [-0.05, 0) is 56.4 Å². The molecule has 14 heteroatoms. The van der Waals surface area contributed by atoms with E-state index >= 15 is 0 Å². The van der Waals surface area contributed by atoms with Gasteiger partial charge in [-0.2, -0.15) is 13.2 Å². The van der Waals surface area contributed by atoms with Crippen molar-refractivity contribution in [2.24, 2.45) is 5.92 Å². The fourth-order valence-electron chi connectivity index (χ4n) is 5.71. The van der Waals surface area contributed by atoms with E-state index in [1.165, 1.54) is 18.5 Å². The van der Waals surface area contributed by atoms with Crippen LogP contribution in [0.15, 0.2) is 36.7 Å². The van der Waals surface area contributed by atoms with Crippen LogP contribution in [0.5, 0.6) is 0 Å². The Kier molecular flexibility index (Phi) is 12.2. The summed E-state index contributed by atoms with van der Waals surface area (Å²) < 4.78 is 46.2. The molecule has 4 heterocycles. The van der Waals surface area contributed by atoms with E-state index < -0.39 is 24.1 Å². The minimum absolute atomic E-state index is 0.236. The summed E-state index contributed by atoms with van der Waals surface area (Å²) in [5.41, 5.74) is 5.69. The summed E-state index contributed by atoms with van der Waals surface area (Å²) in [6.07, 6.45) is -1.64. The molecule has 244 valence electrons. The lowest BCUT2D eigenvalue weighted by molar-refractivity contribution is -0.143. The second-order valence-corrected chi connectivity index (χ2v) is 11.4. The minimum Gasteiger partial charge on any atom is -0.462 e. The number of benzene rings is 1. The van der Waals surface area contributed by atoms with Crippen LogP contribution < -0.4 is 10.6 Å². The van der Waals surface area contributed by atoms with Gasteiger partial charge in [0.05, 0.1) is 36.8 Å². The van der Waals surface area contributed by atoms with Gasteiger partial charge in [0.15, 0.2) is 5.69 Å². The summed E-state index contributed by atoms with van der Waals surface area (Å²) in [5.74, 6) is 0.216. The number of nitrogens with two attached hydrogens (primary N) is 1. The van der Waals surface area contributed by atoms with Gasteiger partial charge in [0.1, 0.15) is 11.9 Å². The Morgan fingerprint density at radius 2 is 1.64 bits per heavy atom. The molecule has 0 spiro atoms. The van der Waals surface area contributed by atoms with Crippen molar-refractivity contribution in [2.75, 3.05) is 76.2 Å². The van der Waals surface area contributed by atoms with E-state index in [9.17, 15) is 28.2 Å². The third kappa shape index (κ3) is 9.73. The van der Waals surface area contributed by atoms with Crippen molar-refractivity contribution in [3.8, 4) is 0 Å². The number of piperazine rings is 1. The summed E-state index contributed by atoms with van der Waals surface area (Å²) in [5, 5.41) is 20.0. The highest BCUT2D eigenvalue weighted by atomic mass is 19.4. The predicted molar refractivity (Wildman–Crippen MR) is 158 cm³/mol. The number of piperidine rings is 1. The van der Waals surface area contributed by atoms with Crippen molar-refractivity contribution in [1.82, 2.24) is 19.8 Å². The highest BCUT2D eigenvalue weighted by Crippen LogP contribution is 2.27. The number of carbonyl (C=O) groups is 1. The molecule has 3 unspecified atom stereocenters. The first-order chi connectivity index (χ1) is 21.0. The molecule has 0 aliphatic carbocycles. The van der Waals surface area contributed by atoms with Crippen molar-refractivity contribution in [1.29, 1.82) is 0 Å². The number of hydrogen-bond acceptors (Lipinski definition) is 11. The highest BCUT2D eigenvalue weighted by molar-refractivity contribution is 5.89. The maximum Gasteiger partial charge on any atom is 0.434 e. The highest BCUT2D eigenvalue weighted by Gasteiger charge is 2.34. The van der Waals surface area contributed by atoms with Gasteiger partial charge < -0.3 is 35.2 Å². The van der Waals surface area contributed by atoms with Gasteiger partial charge in [0.25, 0.3) is 0 Å². The Balaban J connectivity index is 0.000000339. The smallest absolute Gasteiger partial charge is 0.434 e. The summed E-state index contributed by atoms with van der Waals surface area (Å²) in [6, 6.07) is 7.77. The molecule has 4 N–H and O–H groups in total. The SMILES string of the molecule is CCOC(=O)c1ccc(N2CCC(CN3CCN(CC4OCCC(O)C4O)CC3)CC2)cc1.Nc1cncc(C(F)(F)F)n1. The zero-order chi connectivity index (χ0) is 31.7. The molecule has 3 aliphatic rings. The Hall–Kier alpha value is -3.04.